The summed E-state index contributed by atoms with van der Waals surface area (Å²) in [6, 6.07) is 12.9. The summed E-state index contributed by atoms with van der Waals surface area (Å²) in [5.74, 6) is 0.874. The molecule has 124 valence electrons. The van der Waals surface area contributed by atoms with Crippen molar-refractivity contribution < 1.29 is 9.21 Å². The summed E-state index contributed by atoms with van der Waals surface area (Å²) in [4.78, 5) is 16.6. The van der Waals surface area contributed by atoms with Crippen LogP contribution in [0.5, 0.6) is 0 Å². The lowest BCUT2D eigenvalue weighted by atomic mass is 10.0. The zero-order valence-corrected chi connectivity index (χ0v) is 14.1. The molecule has 24 heavy (non-hydrogen) atoms. The monoisotopic (exact) mass is 341 g/mol. The molecule has 0 saturated heterocycles. The third-order valence-corrected chi connectivity index (χ3v) is 4.68. The molecule has 0 fully saturated rings. The van der Waals surface area contributed by atoms with Crippen LogP contribution >= 0.6 is 11.3 Å². The summed E-state index contributed by atoms with van der Waals surface area (Å²) in [6.07, 6.45) is 3.38. The van der Waals surface area contributed by atoms with Crippen LogP contribution in [-0.2, 0) is 0 Å². The zero-order chi connectivity index (χ0) is 16.8. The number of rotatable bonds is 6. The topological polar surface area (TPSA) is 67.2 Å². The fraction of sp³-hybridized carbons (Fsp3) is 0.222. The quantitative estimate of drug-likeness (QED) is 0.714. The molecule has 3 aromatic rings. The lowest BCUT2D eigenvalue weighted by molar-refractivity contribution is 0.236. The van der Waals surface area contributed by atoms with Crippen molar-refractivity contribution in [1.29, 1.82) is 0 Å². The second-order valence-corrected chi connectivity index (χ2v) is 6.41. The summed E-state index contributed by atoms with van der Waals surface area (Å²) >= 11 is 1.59. The maximum Gasteiger partial charge on any atom is 0.315 e. The number of benzene rings is 1. The molecule has 2 aromatic heterocycles. The Balaban J connectivity index is 1.63. The van der Waals surface area contributed by atoms with Crippen LogP contribution in [0.4, 0.5) is 4.79 Å². The smallest absolute Gasteiger partial charge is 0.315 e. The van der Waals surface area contributed by atoms with E-state index in [2.05, 4.69) is 15.6 Å². The predicted octanol–water partition coefficient (Wildman–Crippen LogP) is 3.93. The lowest BCUT2D eigenvalue weighted by Gasteiger charge is -2.18. The van der Waals surface area contributed by atoms with E-state index in [9.17, 15) is 4.79 Å². The number of carbonyl (C=O) groups excluding carboxylic acids is 1. The second-order valence-electron chi connectivity index (χ2n) is 5.48. The highest BCUT2D eigenvalue weighted by Gasteiger charge is 2.19. The second kappa shape index (κ2) is 7.79. The van der Waals surface area contributed by atoms with Gasteiger partial charge in [0.25, 0.3) is 0 Å². The van der Waals surface area contributed by atoms with Crippen molar-refractivity contribution in [3.05, 3.63) is 76.6 Å². The Labute approximate surface area is 144 Å². The normalized spacial score (nSPS) is 13.2. The van der Waals surface area contributed by atoms with E-state index >= 15 is 0 Å². The van der Waals surface area contributed by atoms with Gasteiger partial charge in [0.05, 0.1) is 11.3 Å². The number of aromatic nitrogens is 1. The van der Waals surface area contributed by atoms with Crippen LogP contribution in [0.3, 0.4) is 0 Å². The van der Waals surface area contributed by atoms with Crippen molar-refractivity contribution in [2.45, 2.75) is 18.9 Å². The SMILES string of the molecule is C[C@@H](CNC(=O)N[C@@H](c1ccccc1)c1ccco1)c1nccs1. The number of hydrogen-bond donors (Lipinski definition) is 2. The Kier molecular flexibility index (Phi) is 5.28. The van der Waals surface area contributed by atoms with E-state index in [4.69, 9.17) is 4.42 Å². The van der Waals surface area contributed by atoms with Gasteiger partial charge < -0.3 is 15.1 Å². The van der Waals surface area contributed by atoms with Gasteiger partial charge in [-0.25, -0.2) is 9.78 Å². The summed E-state index contributed by atoms with van der Waals surface area (Å²) in [7, 11) is 0. The van der Waals surface area contributed by atoms with Gasteiger partial charge in [-0.1, -0.05) is 37.3 Å². The Hall–Kier alpha value is -2.60. The number of urea groups is 1. The van der Waals surface area contributed by atoms with E-state index in [1.165, 1.54) is 0 Å². The van der Waals surface area contributed by atoms with Gasteiger partial charge in [-0.05, 0) is 17.7 Å². The van der Waals surface area contributed by atoms with Crippen LogP contribution in [0.1, 0.15) is 35.2 Å². The molecule has 2 heterocycles. The van der Waals surface area contributed by atoms with Gasteiger partial charge in [0.15, 0.2) is 0 Å². The first-order valence-corrected chi connectivity index (χ1v) is 8.64. The molecule has 5 nitrogen and oxygen atoms in total. The lowest BCUT2D eigenvalue weighted by Crippen LogP contribution is -2.39. The van der Waals surface area contributed by atoms with Crippen molar-refractivity contribution in [2.24, 2.45) is 0 Å². The van der Waals surface area contributed by atoms with Gasteiger partial charge in [-0.3, -0.25) is 0 Å². The van der Waals surface area contributed by atoms with E-state index in [1.54, 1.807) is 23.8 Å². The van der Waals surface area contributed by atoms with E-state index in [1.807, 2.05) is 54.8 Å². The van der Waals surface area contributed by atoms with Crippen molar-refractivity contribution in [2.75, 3.05) is 6.54 Å². The minimum Gasteiger partial charge on any atom is -0.467 e. The highest BCUT2D eigenvalue weighted by Crippen LogP contribution is 2.22. The van der Waals surface area contributed by atoms with E-state index in [-0.39, 0.29) is 18.0 Å². The number of thiazole rings is 1. The predicted molar refractivity (Wildman–Crippen MR) is 94.1 cm³/mol. The van der Waals surface area contributed by atoms with Crippen LogP contribution in [0.2, 0.25) is 0 Å². The maximum atomic E-state index is 12.3. The van der Waals surface area contributed by atoms with Crippen molar-refractivity contribution >= 4 is 17.4 Å². The van der Waals surface area contributed by atoms with E-state index in [0.29, 0.717) is 12.3 Å². The largest absolute Gasteiger partial charge is 0.467 e. The standard InChI is InChI=1S/C18H19N3O2S/c1-13(17-19-9-11-24-17)12-20-18(22)21-16(15-8-5-10-23-15)14-6-3-2-4-7-14/h2-11,13,16H,12H2,1H3,(H2,20,21,22)/t13-,16-/m0/s1. The van der Waals surface area contributed by atoms with Gasteiger partial charge in [0, 0.05) is 24.0 Å². The fourth-order valence-corrected chi connectivity index (χ4v) is 3.11. The Bertz CT molecular complexity index is 742. The van der Waals surface area contributed by atoms with Gasteiger partial charge in [-0.2, -0.15) is 0 Å². The molecule has 0 radical (unpaired) electrons. The molecule has 2 atom stereocenters. The molecule has 0 spiro atoms. The summed E-state index contributed by atoms with van der Waals surface area (Å²) < 4.78 is 5.48. The van der Waals surface area contributed by atoms with Crippen LogP contribution in [0.15, 0.2) is 64.7 Å². The number of carbonyl (C=O) groups is 1. The Morgan fingerprint density at radius 2 is 2.08 bits per heavy atom. The average Bonchev–Trinajstić information content (AvgIpc) is 3.31. The number of nitrogens with zero attached hydrogens (tertiary/aromatic N) is 1. The molecular weight excluding hydrogens is 322 g/mol. The van der Waals surface area contributed by atoms with Gasteiger partial charge >= 0.3 is 6.03 Å². The molecule has 0 aliphatic carbocycles. The minimum atomic E-state index is -0.323. The molecule has 0 unspecified atom stereocenters. The highest BCUT2D eigenvalue weighted by molar-refractivity contribution is 7.09. The Morgan fingerprint density at radius 3 is 2.75 bits per heavy atom. The summed E-state index contributed by atoms with van der Waals surface area (Å²) in [6.45, 7) is 2.57. The van der Waals surface area contributed by atoms with Gasteiger partial charge in [-0.15, -0.1) is 11.3 Å². The molecule has 2 N–H and O–H groups in total. The molecule has 6 heteroatoms. The summed E-state index contributed by atoms with van der Waals surface area (Å²) in [5, 5.41) is 8.84. The molecular formula is C18H19N3O2S. The molecule has 0 saturated carbocycles. The Morgan fingerprint density at radius 1 is 1.25 bits per heavy atom. The zero-order valence-electron chi connectivity index (χ0n) is 13.3. The van der Waals surface area contributed by atoms with Crippen LogP contribution in [-0.4, -0.2) is 17.6 Å². The number of amides is 2. The average molecular weight is 341 g/mol. The number of furan rings is 1. The third kappa shape index (κ3) is 4.02. The van der Waals surface area contributed by atoms with Crippen LogP contribution < -0.4 is 10.6 Å². The molecule has 0 aliphatic heterocycles. The number of hydrogen-bond acceptors (Lipinski definition) is 4. The third-order valence-electron chi connectivity index (χ3n) is 3.68. The first kappa shape index (κ1) is 16.3. The highest BCUT2D eigenvalue weighted by atomic mass is 32.1. The van der Waals surface area contributed by atoms with E-state index in [0.717, 1.165) is 10.6 Å². The first-order valence-electron chi connectivity index (χ1n) is 7.76. The van der Waals surface area contributed by atoms with Crippen LogP contribution in [0, 0.1) is 0 Å². The van der Waals surface area contributed by atoms with E-state index < -0.39 is 0 Å². The van der Waals surface area contributed by atoms with Crippen molar-refractivity contribution in [1.82, 2.24) is 15.6 Å². The molecule has 1 aromatic carbocycles. The van der Waals surface area contributed by atoms with Gasteiger partial charge in [0.1, 0.15) is 11.8 Å². The van der Waals surface area contributed by atoms with Crippen LogP contribution in [0.25, 0.3) is 0 Å². The number of nitrogens with one attached hydrogen (secondary N) is 2. The summed E-state index contributed by atoms with van der Waals surface area (Å²) in [5.41, 5.74) is 0.968. The first-order chi connectivity index (χ1) is 11.7. The molecule has 0 bridgehead atoms. The maximum absolute atomic E-state index is 12.3. The van der Waals surface area contributed by atoms with Crippen molar-refractivity contribution in [3.63, 3.8) is 0 Å². The van der Waals surface area contributed by atoms with Crippen molar-refractivity contribution in [3.8, 4) is 0 Å². The molecule has 0 aliphatic rings. The molecule has 2 amide bonds. The fourth-order valence-electron chi connectivity index (χ4n) is 2.41. The van der Waals surface area contributed by atoms with Gasteiger partial charge in [0.2, 0.25) is 0 Å². The molecule has 3 rings (SSSR count). The minimum absolute atomic E-state index is 0.175.